The van der Waals surface area contributed by atoms with Gasteiger partial charge in [-0.3, -0.25) is 9.59 Å². The summed E-state index contributed by atoms with van der Waals surface area (Å²) < 4.78 is 26.3. The van der Waals surface area contributed by atoms with Crippen LogP contribution in [0, 0.1) is 23.5 Å². The number of piperidine rings is 1. The van der Waals surface area contributed by atoms with E-state index < -0.39 is 23.4 Å². The van der Waals surface area contributed by atoms with Crippen LogP contribution in [0.4, 0.5) is 14.5 Å². The van der Waals surface area contributed by atoms with Crippen molar-refractivity contribution in [2.45, 2.75) is 6.42 Å². The molecule has 5 heteroatoms. The number of imide groups is 1. The Hall–Kier alpha value is -1.78. The first-order chi connectivity index (χ1) is 7.59. The molecule has 0 N–H and O–H groups in total. The van der Waals surface area contributed by atoms with E-state index in [1.54, 1.807) is 0 Å². The zero-order chi connectivity index (χ0) is 11.4. The van der Waals surface area contributed by atoms with Crippen LogP contribution in [0.15, 0.2) is 18.2 Å². The Bertz CT molecular complexity index is 495. The fourth-order valence-electron chi connectivity index (χ4n) is 2.08. The topological polar surface area (TPSA) is 37.4 Å². The Labute approximate surface area is 89.7 Å². The van der Waals surface area contributed by atoms with Crippen LogP contribution in [0.5, 0.6) is 0 Å². The first-order valence-electron chi connectivity index (χ1n) is 4.92. The van der Waals surface area contributed by atoms with Gasteiger partial charge in [0.2, 0.25) is 11.8 Å². The van der Waals surface area contributed by atoms with Crippen LogP contribution >= 0.6 is 0 Å². The highest BCUT2D eigenvalue weighted by Crippen LogP contribution is 2.48. The summed E-state index contributed by atoms with van der Waals surface area (Å²) in [7, 11) is 0. The van der Waals surface area contributed by atoms with E-state index in [9.17, 15) is 18.4 Å². The van der Waals surface area contributed by atoms with Gasteiger partial charge in [-0.05, 0) is 18.6 Å². The number of hydrogen-bond acceptors (Lipinski definition) is 2. The molecule has 2 amide bonds. The predicted molar refractivity (Wildman–Crippen MR) is 50.4 cm³/mol. The van der Waals surface area contributed by atoms with Crippen molar-refractivity contribution < 1.29 is 18.4 Å². The molecule has 0 aromatic heterocycles. The molecular formula is C11H7F2NO2. The first kappa shape index (κ1) is 9.45. The summed E-state index contributed by atoms with van der Waals surface area (Å²) in [5.74, 6) is -2.88. The van der Waals surface area contributed by atoms with E-state index in [1.165, 1.54) is 0 Å². The summed E-state index contributed by atoms with van der Waals surface area (Å²) in [4.78, 5) is 24.0. The average Bonchev–Trinajstić information content (AvgIpc) is 2.98. The minimum atomic E-state index is -0.760. The van der Waals surface area contributed by atoms with Crippen LogP contribution in [-0.2, 0) is 9.59 Å². The second kappa shape index (κ2) is 2.87. The molecule has 3 nitrogen and oxygen atoms in total. The summed E-state index contributed by atoms with van der Waals surface area (Å²) in [5.41, 5.74) is -0.276. The zero-order valence-electron chi connectivity index (χ0n) is 8.11. The molecule has 1 aromatic carbocycles. The Morgan fingerprint density at radius 1 is 1.12 bits per heavy atom. The molecular weight excluding hydrogens is 216 g/mol. The largest absolute Gasteiger partial charge is 0.274 e. The Morgan fingerprint density at radius 2 is 1.75 bits per heavy atom. The van der Waals surface area contributed by atoms with E-state index in [0.717, 1.165) is 23.1 Å². The molecule has 1 saturated heterocycles. The van der Waals surface area contributed by atoms with Crippen molar-refractivity contribution in [1.82, 2.24) is 0 Å². The summed E-state index contributed by atoms with van der Waals surface area (Å²) >= 11 is 0. The van der Waals surface area contributed by atoms with Crippen LogP contribution in [0.2, 0.25) is 0 Å². The van der Waals surface area contributed by atoms with Crippen molar-refractivity contribution in [2.24, 2.45) is 11.8 Å². The van der Waals surface area contributed by atoms with Gasteiger partial charge >= 0.3 is 0 Å². The third-order valence-corrected chi connectivity index (χ3v) is 3.01. The average molecular weight is 223 g/mol. The van der Waals surface area contributed by atoms with Crippen molar-refractivity contribution in [3.8, 4) is 0 Å². The zero-order valence-corrected chi connectivity index (χ0v) is 8.11. The second-order valence-electron chi connectivity index (χ2n) is 4.06. The maximum absolute atomic E-state index is 13.4. The van der Waals surface area contributed by atoms with Crippen LogP contribution in [0.3, 0.4) is 0 Å². The Morgan fingerprint density at radius 3 is 2.38 bits per heavy atom. The van der Waals surface area contributed by atoms with E-state index in [4.69, 9.17) is 0 Å². The normalized spacial score (nSPS) is 27.2. The molecule has 3 rings (SSSR count). The predicted octanol–water partition coefficient (Wildman–Crippen LogP) is 1.47. The lowest BCUT2D eigenvalue weighted by atomic mass is 10.2. The number of carbonyl (C=O) groups is 2. The number of anilines is 1. The summed E-state index contributed by atoms with van der Waals surface area (Å²) in [5, 5.41) is 0. The molecule has 2 aliphatic rings. The van der Waals surface area contributed by atoms with Gasteiger partial charge in [-0.2, -0.15) is 0 Å². The van der Waals surface area contributed by atoms with Crippen molar-refractivity contribution in [3.05, 3.63) is 29.8 Å². The van der Waals surface area contributed by atoms with Gasteiger partial charge in [-0.1, -0.05) is 0 Å². The number of rotatable bonds is 1. The van der Waals surface area contributed by atoms with E-state index in [2.05, 4.69) is 0 Å². The van der Waals surface area contributed by atoms with Crippen LogP contribution in [0.1, 0.15) is 6.42 Å². The van der Waals surface area contributed by atoms with Gasteiger partial charge in [0.25, 0.3) is 0 Å². The smallest absolute Gasteiger partial charge is 0.237 e. The SMILES string of the molecule is O=C1[C@H]2C[C@H]2C(=O)N1c1cc(F)ccc1F. The second-order valence-corrected chi connectivity index (χ2v) is 4.06. The minimum absolute atomic E-state index is 0.276. The van der Waals surface area contributed by atoms with Gasteiger partial charge in [0, 0.05) is 6.07 Å². The van der Waals surface area contributed by atoms with Gasteiger partial charge in [-0.15, -0.1) is 0 Å². The molecule has 1 aliphatic carbocycles. The number of fused-ring (bicyclic) bond motifs is 1. The molecule has 16 heavy (non-hydrogen) atoms. The fraction of sp³-hybridized carbons (Fsp3) is 0.273. The third-order valence-electron chi connectivity index (χ3n) is 3.01. The number of carbonyl (C=O) groups excluding carboxylic acids is 2. The molecule has 82 valence electrons. The molecule has 0 radical (unpaired) electrons. The van der Waals surface area contributed by atoms with E-state index in [0.29, 0.717) is 6.42 Å². The standard InChI is InChI=1S/C11H7F2NO2/c12-5-1-2-8(13)9(3-5)14-10(15)6-4-7(6)11(14)16/h1-3,6-7H,4H2/t6-,7+. The molecule has 2 fully saturated rings. The van der Waals surface area contributed by atoms with Crippen LogP contribution in [-0.4, -0.2) is 11.8 Å². The van der Waals surface area contributed by atoms with Crippen molar-refractivity contribution in [2.75, 3.05) is 4.90 Å². The number of halogens is 2. The molecule has 1 aromatic rings. The maximum Gasteiger partial charge on any atom is 0.237 e. The van der Waals surface area contributed by atoms with Crippen LogP contribution in [0.25, 0.3) is 0 Å². The summed E-state index contributed by atoms with van der Waals surface area (Å²) in [6, 6.07) is 2.73. The maximum atomic E-state index is 13.4. The summed E-state index contributed by atoms with van der Waals surface area (Å²) in [6.07, 6.45) is 0.547. The van der Waals surface area contributed by atoms with E-state index in [-0.39, 0.29) is 17.5 Å². The summed E-state index contributed by atoms with van der Waals surface area (Å²) in [6.45, 7) is 0. The Kier molecular flexibility index (Phi) is 1.70. The van der Waals surface area contributed by atoms with Gasteiger partial charge < -0.3 is 0 Å². The third kappa shape index (κ3) is 1.11. The molecule has 1 aliphatic heterocycles. The van der Waals surface area contributed by atoms with Crippen LogP contribution < -0.4 is 4.90 Å². The lowest BCUT2D eigenvalue weighted by Crippen LogP contribution is -2.33. The van der Waals surface area contributed by atoms with Crippen molar-refractivity contribution in [1.29, 1.82) is 0 Å². The highest BCUT2D eigenvalue weighted by Gasteiger charge is 2.59. The molecule has 2 atom stereocenters. The highest BCUT2D eigenvalue weighted by molar-refractivity contribution is 6.24. The molecule has 0 unspecified atom stereocenters. The first-order valence-corrected chi connectivity index (χ1v) is 4.92. The molecule has 1 saturated carbocycles. The minimum Gasteiger partial charge on any atom is -0.274 e. The number of amides is 2. The lowest BCUT2D eigenvalue weighted by molar-refractivity contribution is -0.123. The molecule has 1 heterocycles. The van der Waals surface area contributed by atoms with Crippen molar-refractivity contribution >= 4 is 17.5 Å². The van der Waals surface area contributed by atoms with E-state index in [1.807, 2.05) is 0 Å². The highest BCUT2D eigenvalue weighted by atomic mass is 19.1. The number of nitrogens with zero attached hydrogens (tertiary/aromatic N) is 1. The number of hydrogen-bond donors (Lipinski definition) is 0. The van der Waals surface area contributed by atoms with Crippen molar-refractivity contribution in [3.63, 3.8) is 0 Å². The molecule has 0 spiro atoms. The fourth-order valence-corrected chi connectivity index (χ4v) is 2.08. The monoisotopic (exact) mass is 223 g/mol. The van der Waals surface area contributed by atoms with Gasteiger partial charge in [0.15, 0.2) is 0 Å². The Balaban J connectivity index is 2.07. The van der Waals surface area contributed by atoms with Gasteiger partial charge in [0.1, 0.15) is 11.6 Å². The molecule has 0 bridgehead atoms. The van der Waals surface area contributed by atoms with E-state index >= 15 is 0 Å². The van der Waals surface area contributed by atoms with Gasteiger partial charge in [-0.25, -0.2) is 13.7 Å². The number of benzene rings is 1. The quantitative estimate of drug-likeness (QED) is 0.676. The lowest BCUT2D eigenvalue weighted by Gasteiger charge is -2.16. The van der Waals surface area contributed by atoms with Gasteiger partial charge in [0.05, 0.1) is 17.5 Å².